The summed E-state index contributed by atoms with van der Waals surface area (Å²) < 4.78 is 17.2. The third kappa shape index (κ3) is 5.13. The number of thiophene rings is 1. The number of benzene rings is 1. The van der Waals surface area contributed by atoms with E-state index in [1.165, 1.54) is 4.88 Å². The van der Waals surface area contributed by atoms with Crippen LogP contribution in [-0.4, -0.2) is 49.4 Å². The van der Waals surface area contributed by atoms with E-state index in [4.69, 9.17) is 14.2 Å². The van der Waals surface area contributed by atoms with Gasteiger partial charge >= 0.3 is 0 Å². The molecule has 6 heteroatoms. The molecule has 0 aliphatic carbocycles. The molecule has 3 heterocycles. The first-order valence-electron chi connectivity index (χ1n) is 10.1. The molecule has 2 saturated heterocycles. The second-order valence-corrected chi connectivity index (χ2v) is 8.40. The van der Waals surface area contributed by atoms with Gasteiger partial charge in [-0.15, -0.1) is 11.3 Å². The van der Waals surface area contributed by atoms with Gasteiger partial charge in [-0.05, 0) is 61.4 Å². The van der Waals surface area contributed by atoms with E-state index in [0.29, 0.717) is 25.3 Å². The number of carbonyl (C=O) groups excluding carboxylic acids is 1. The predicted octanol–water partition coefficient (Wildman–Crippen LogP) is 4.13. The van der Waals surface area contributed by atoms with Crippen LogP contribution in [0.4, 0.5) is 0 Å². The van der Waals surface area contributed by atoms with Gasteiger partial charge in [0.05, 0.1) is 18.8 Å². The molecule has 2 aliphatic heterocycles. The largest absolute Gasteiger partial charge is 0.491 e. The third-order valence-electron chi connectivity index (χ3n) is 5.22. The van der Waals surface area contributed by atoms with Crippen LogP contribution < -0.4 is 4.74 Å². The lowest BCUT2D eigenvalue weighted by molar-refractivity contribution is 0.0509. The van der Waals surface area contributed by atoms with Crippen LogP contribution in [0.2, 0.25) is 0 Å². The summed E-state index contributed by atoms with van der Waals surface area (Å²) in [4.78, 5) is 16.2. The topological polar surface area (TPSA) is 48.0 Å². The maximum Gasteiger partial charge on any atom is 0.254 e. The Morgan fingerprint density at radius 2 is 1.82 bits per heavy atom. The molecule has 2 aliphatic rings. The number of hydrogen-bond acceptors (Lipinski definition) is 5. The van der Waals surface area contributed by atoms with Gasteiger partial charge in [-0.25, -0.2) is 0 Å². The maximum absolute atomic E-state index is 13.2. The molecule has 0 N–H and O–H groups in total. The van der Waals surface area contributed by atoms with Crippen LogP contribution in [0.3, 0.4) is 0 Å². The molecule has 150 valence electrons. The minimum atomic E-state index is 0.0366. The molecular formula is C22H27NO4S. The highest BCUT2D eigenvalue weighted by molar-refractivity contribution is 7.09. The Kier molecular flexibility index (Phi) is 6.62. The zero-order valence-electron chi connectivity index (χ0n) is 16.0. The molecule has 0 saturated carbocycles. The van der Waals surface area contributed by atoms with Gasteiger partial charge in [-0.2, -0.15) is 0 Å². The first-order valence-corrected chi connectivity index (χ1v) is 10.9. The molecule has 5 nitrogen and oxygen atoms in total. The average molecular weight is 402 g/mol. The first-order chi connectivity index (χ1) is 13.8. The van der Waals surface area contributed by atoms with E-state index in [0.717, 1.165) is 44.6 Å². The van der Waals surface area contributed by atoms with Crippen molar-refractivity contribution < 1.29 is 19.0 Å². The number of nitrogens with zero attached hydrogens (tertiary/aromatic N) is 1. The van der Waals surface area contributed by atoms with E-state index in [9.17, 15) is 4.79 Å². The van der Waals surface area contributed by atoms with Crippen LogP contribution in [-0.2, 0) is 16.0 Å². The first kappa shape index (κ1) is 19.4. The zero-order chi connectivity index (χ0) is 19.2. The van der Waals surface area contributed by atoms with Crippen molar-refractivity contribution in [2.24, 2.45) is 0 Å². The highest BCUT2D eigenvalue weighted by Crippen LogP contribution is 2.21. The van der Waals surface area contributed by atoms with Crippen molar-refractivity contribution in [3.8, 4) is 5.75 Å². The average Bonchev–Trinajstić information content (AvgIpc) is 3.49. The van der Waals surface area contributed by atoms with Crippen molar-refractivity contribution in [2.75, 3.05) is 26.4 Å². The Morgan fingerprint density at radius 3 is 2.46 bits per heavy atom. The number of amides is 1. The highest BCUT2D eigenvalue weighted by Gasteiger charge is 2.24. The van der Waals surface area contributed by atoms with Crippen LogP contribution in [0.25, 0.3) is 0 Å². The summed E-state index contributed by atoms with van der Waals surface area (Å²) in [5, 5.41) is 2.05. The lowest BCUT2D eigenvalue weighted by Gasteiger charge is -2.25. The van der Waals surface area contributed by atoms with Crippen LogP contribution in [0.15, 0.2) is 41.8 Å². The minimum Gasteiger partial charge on any atom is -0.491 e. The number of hydrogen-bond donors (Lipinski definition) is 0. The highest BCUT2D eigenvalue weighted by atomic mass is 32.1. The Labute approximate surface area is 170 Å². The van der Waals surface area contributed by atoms with Gasteiger partial charge in [0.25, 0.3) is 5.91 Å². The quantitative estimate of drug-likeness (QED) is 0.667. The molecule has 28 heavy (non-hydrogen) atoms. The Bertz CT molecular complexity index is 734. The van der Waals surface area contributed by atoms with E-state index in [2.05, 4.69) is 6.07 Å². The smallest absolute Gasteiger partial charge is 0.254 e. The number of ether oxygens (including phenoxy) is 3. The summed E-state index contributed by atoms with van der Waals surface area (Å²) >= 11 is 1.68. The molecule has 4 rings (SSSR count). The summed E-state index contributed by atoms with van der Waals surface area (Å²) in [6.45, 7) is 3.44. The number of carbonyl (C=O) groups is 1. The molecule has 2 unspecified atom stereocenters. The molecule has 2 atom stereocenters. The van der Waals surface area contributed by atoms with Crippen molar-refractivity contribution in [1.82, 2.24) is 4.90 Å². The summed E-state index contributed by atoms with van der Waals surface area (Å²) in [6, 6.07) is 11.5. The van der Waals surface area contributed by atoms with Gasteiger partial charge in [0, 0.05) is 30.2 Å². The molecular weight excluding hydrogens is 374 g/mol. The second kappa shape index (κ2) is 9.54. The van der Waals surface area contributed by atoms with Gasteiger partial charge in [-0.1, -0.05) is 6.07 Å². The van der Waals surface area contributed by atoms with Gasteiger partial charge in [-0.3, -0.25) is 4.79 Å². The zero-order valence-corrected chi connectivity index (χ0v) is 16.9. The van der Waals surface area contributed by atoms with E-state index in [1.54, 1.807) is 11.3 Å². The van der Waals surface area contributed by atoms with Crippen LogP contribution in [0.5, 0.6) is 5.75 Å². The summed E-state index contributed by atoms with van der Waals surface area (Å²) in [5.41, 5.74) is 0.680. The van der Waals surface area contributed by atoms with Gasteiger partial charge in [0.15, 0.2) is 0 Å². The monoisotopic (exact) mass is 401 g/mol. The Morgan fingerprint density at radius 1 is 1.07 bits per heavy atom. The fourth-order valence-corrected chi connectivity index (χ4v) is 4.40. The van der Waals surface area contributed by atoms with E-state index in [1.807, 2.05) is 40.6 Å². The fraction of sp³-hybridized carbons (Fsp3) is 0.500. The van der Waals surface area contributed by atoms with Gasteiger partial charge < -0.3 is 19.1 Å². The van der Waals surface area contributed by atoms with Crippen molar-refractivity contribution >= 4 is 17.2 Å². The molecule has 0 radical (unpaired) electrons. The molecule has 2 aromatic rings. The Hall–Kier alpha value is -1.89. The van der Waals surface area contributed by atoms with Gasteiger partial charge in [0.1, 0.15) is 12.4 Å². The third-order valence-corrected chi connectivity index (χ3v) is 6.08. The maximum atomic E-state index is 13.2. The lowest BCUT2D eigenvalue weighted by Crippen LogP contribution is -2.36. The minimum absolute atomic E-state index is 0.0366. The summed E-state index contributed by atoms with van der Waals surface area (Å²) in [5.74, 6) is 0.811. The SMILES string of the molecule is O=C(c1ccc(OCC2CCCO2)cc1)N(Cc1cccs1)CC1CCCO1. The van der Waals surface area contributed by atoms with Crippen LogP contribution >= 0.6 is 11.3 Å². The summed E-state index contributed by atoms with van der Waals surface area (Å²) in [7, 11) is 0. The summed E-state index contributed by atoms with van der Waals surface area (Å²) in [6.07, 6.45) is 4.57. The van der Waals surface area contributed by atoms with Crippen molar-refractivity contribution in [1.29, 1.82) is 0 Å². The van der Waals surface area contributed by atoms with Crippen LogP contribution in [0.1, 0.15) is 40.9 Å². The predicted molar refractivity (Wildman–Crippen MR) is 109 cm³/mol. The van der Waals surface area contributed by atoms with E-state index < -0.39 is 0 Å². The fourth-order valence-electron chi connectivity index (χ4n) is 3.69. The molecule has 0 bridgehead atoms. The molecule has 0 spiro atoms. The molecule has 1 aromatic heterocycles. The van der Waals surface area contributed by atoms with Gasteiger partial charge in [0.2, 0.25) is 0 Å². The second-order valence-electron chi connectivity index (χ2n) is 7.37. The van der Waals surface area contributed by atoms with Crippen molar-refractivity contribution in [3.63, 3.8) is 0 Å². The number of rotatable bonds is 8. The van der Waals surface area contributed by atoms with E-state index >= 15 is 0 Å². The lowest BCUT2D eigenvalue weighted by atomic mass is 10.1. The van der Waals surface area contributed by atoms with E-state index in [-0.39, 0.29) is 18.1 Å². The molecule has 1 aromatic carbocycles. The normalized spacial score (nSPS) is 21.7. The van der Waals surface area contributed by atoms with Crippen molar-refractivity contribution in [2.45, 2.75) is 44.4 Å². The standard InChI is InChI=1S/C22H27NO4S/c24-22(17-7-9-18(10-8-17)27-16-20-5-2-12-26-20)23(14-19-4-1-11-25-19)15-21-6-3-13-28-21/h3,6-10,13,19-20H,1-2,4-5,11-12,14-16H2. The Balaban J connectivity index is 1.39. The van der Waals surface area contributed by atoms with Crippen molar-refractivity contribution in [3.05, 3.63) is 52.2 Å². The molecule has 1 amide bonds. The molecule has 2 fully saturated rings. The van der Waals surface area contributed by atoms with Crippen LogP contribution in [0, 0.1) is 0 Å².